The highest BCUT2D eigenvalue weighted by molar-refractivity contribution is 7.55. The summed E-state index contributed by atoms with van der Waals surface area (Å²) in [6.07, 6.45) is 0.0589. The van der Waals surface area contributed by atoms with Gasteiger partial charge < -0.3 is 24.8 Å². The van der Waals surface area contributed by atoms with Gasteiger partial charge in [-0.15, -0.1) is 11.3 Å². The molecule has 1 unspecified atom stereocenters. The van der Waals surface area contributed by atoms with Gasteiger partial charge in [0.25, 0.3) is 5.91 Å². The number of rotatable bonds is 9. The van der Waals surface area contributed by atoms with Crippen LogP contribution in [0.3, 0.4) is 0 Å². The van der Waals surface area contributed by atoms with Crippen molar-refractivity contribution >= 4 is 42.2 Å². The molecule has 3 N–H and O–H groups in total. The molecule has 0 saturated heterocycles. The summed E-state index contributed by atoms with van der Waals surface area (Å²) in [4.78, 5) is 26.0. The van der Waals surface area contributed by atoms with Crippen LogP contribution in [0.4, 0.5) is 11.4 Å². The molecule has 1 atom stereocenters. The third kappa shape index (κ3) is 5.69. The van der Waals surface area contributed by atoms with E-state index in [0.717, 1.165) is 10.4 Å². The minimum atomic E-state index is -3.70. The molecule has 1 aromatic heterocycles. The van der Waals surface area contributed by atoms with Crippen molar-refractivity contribution < 1.29 is 27.9 Å². The number of hydrogen-bond acceptors (Lipinski definition) is 8. The van der Waals surface area contributed by atoms with Gasteiger partial charge in [0.2, 0.25) is 0 Å². The number of amides is 1. The molecule has 0 aliphatic carbocycles. The van der Waals surface area contributed by atoms with E-state index in [9.17, 15) is 14.2 Å². The number of carbonyl (C=O) groups excluding carboxylic acids is 2. The summed E-state index contributed by atoms with van der Waals surface area (Å²) in [7, 11) is -0.0681. The van der Waals surface area contributed by atoms with Crippen molar-refractivity contribution in [2.45, 2.75) is 12.1 Å². The molecule has 0 aliphatic heterocycles. The lowest BCUT2D eigenvalue weighted by atomic mass is 10.1. The Bertz CT molecular complexity index is 1160. The van der Waals surface area contributed by atoms with Crippen molar-refractivity contribution in [3.05, 3.63) is 71.1 Å². The number of anilines is 2. The van der Waals surface area contributed by atoms with Gasteiger partial charge in [-0.1, -0.05) is 24.3 Å². The van der Waals surface area contributed by atoms with E-state index in [0.29, 0.717) is 22.5 Å². The summed E-state index contributed by atoms with van der Waals surface area (Å²) >= 11 is 1.60. The zero-order valence-electron chi connectivity index (χ0n) is 18.4. The lowest BCUT2D eigenvalue weighted by Gasteiger charge is -2.22. The van der Waals surface area contributed by atoms with Crippen LogP contribution in [0.25, 0.3) is 10.4 Å². The first kappa shape index (κ1) is 24.7. The zero-order valence-corrected chi connectivity index (χ0v) is 20.2. The van der Waals surface area contributed by atoms with Gasteiger partial charge in [-0.05, 0) is 53.3 Å². The second-order valence-electron chi connectivity index (χ2n) is 7.08. The number of nitrogens with two attached hydrogens (primary N) is 1. The summed E-state index contributed by atoms with van der Waals surface area (Å²) in [5.41, 5.74) is 7.91. The molecular formula is C23H25N2O6PS. The van der Waals surface area contributed by atoms with Gasteiger partial charge in [0, 0.05) is 24.7 Å². The lowest BCUT2D eigenvalue weighted by Crippen LogP contribution is -2.26. The van der Waals surface area contributed by atoms with E-state index in [1.54, 1.807) is 41.7 Å². The quantitative estimate of drug-likeness (QED) is 0.252. The fourth-order valence-electron chi connectivity index (χ4n) is 3.26. The van der Waals surface area contributed by atoms with Crippen molar-refractivity contribution in [3.63, 3.8) is 0 Å². The van der Waals surface area contributed by atoms with Gasteiger partial charge in [-0.2, -0.15) is 0 Å². The lowest BCUT2D eigenvalue weighted by molar-refractivity contribution is -0.140. The minimum absolute atomic E-state index is 0.0589. The van der Waals surface area contributed by atoms with Crippen molar-refractivity contribution in [1.29, 1.82) is 0 Å². The normalized spacial score (nSPS) is 12.2. The average Bonchev–Trinajstić information content (AvgIpc) is 3.38. The molecule has 0 bridgehead atoms. The molecule has 3 aromatic rings. The molecule has 3 rings (SSSR count). The predicted molar refractivity (Wildman–Crippen MR) is 130 cm³/mol. The van der Waals surface area contributed by atoms with Crippen molar-refractivity contribution in [2.75, 3.05) is 32.4 Å². The minimum Gasteiger partial charge on any atom is -0.468 e. The molecule has 8 nitrogen and oxygen atoms in total. The van der Waals surface area contributed by atoms with Crippen LogP contribution in [0.5, 0.6) is 0 Å². The van der Waals surface area contributed by atoms with Gasteiger partial charge in [0.15, 0.2) is 5.66 Å². The average molecular weight is 489 g/mol. The maximum atomic E-state index is 12.8. The van der Waals surface area contributed by atoms with E-state index in [1.807, 2.05) is 29.6 Å². The molecular weight excluding hydrogens is 463 g/mol. The summed E-state index contributed by atoms with van der Waals surface area (Å²) in [5, 5.41) is 4.82. The van der Waals surface area contributed by atoms with Crippen LogP contribution in [-0.4, -0.2) is 38.9 Å². The molecule has 0 saturated carbocycles. The first-order valence-electron chi connectivity index (χ1n) is 9.94. The third-order valence-corrected chi connectivity index (χ3v) is 8.21. The molecule has 0 fully saturated rings. The summed E-state index contributed by atoms with van der Waals surface area (Å²) < 4.78 is 27.5. The third-order valence-electron chi connectivity index (χ3n) is 5.12. The Hall–Kier alpha value is -2.97. The summed E-state index contributed by atoms with van der Waals surface area (Å²) in [5.74, 6) is -1.04. The number of nitrogen functional groups attached to an aromatic ring is 1. The Morgan fingerprint density at radius 1 is 1.06 bits per heavy atom. The van der Waals surface area contributed by atoms with Crippen LogP contribution in [0.2, 0.25) is 0 Å². The van der Waals surface area contributed by atoms with Crippen molar-refractivity contribution in [2.24, 2.45) is 0 Å². The monoisotopic (exact) mass is 488 g/mol. The maximum Gasteiger partial charge on any atom is 0.344 e. The summed E-state index contributed by atoms with van der Waals surface area (Å²) in [6.45, 7) is 0. The Kier molecular flexibility index (Phi) is 8.05. The van der Waals surface area contributed by atoms with E-state index < -0.39 is 19.2 Å². The second-order valence-corrected chi connectivity index (χ2v) is 10.5. The van der Waals surface area contributed by atoms with Crippen LogP contribution in [0.15, 0.2) is 60.0 Å². The number of benzene rings is 2. The molecule has 174 valence electrons. The zero-order chi connectivity index (χ0) is 24.0. The second kappa shape index (κ2) is 10.8. The fraction of sp³-hybridized carbons (Fsp3) is 0.217. The number of esters is 1. The van der Waals surface area contributed by atoms with Gasteiger partial charge >= 0.3 is 13.6 Å². The van der Waals surface area contributed by atoms with Gasteiger partial charge in [0.1, 0.15) is 0 Å². The Morgan fingerprint density at radius 3 is 2.33 bits per heavy atom. The van der Waals surface area contributed by atoms with Crippen LogP contribution in [0.1, 0.15) is 15.9 Å². The molecule has 0 radical (unpaired) electrons. The first-order chi connectivity index (χ1) is 15.8. The topological polar surface area (TPSA) is 117 Å². The first-order valence-corrected chi connectivity index (χ1v) is 12.4. The number of ether oxygens (including phenoxy) is 1. The van der Waals surface area contributed by atoms with E-state index in [4.69, 9.17) is 19.5 Å². The van der Waals surface area contributed by atoms with Crippen LogP contribution < -0.4 is 11.1 Å². The molecule has 1 amide bonds. The number of nitrogens with one attached hydrogen (secondary N) is 1. The Balaban J connectivity index is 1.76. The SMILES string of the molecule is COC(=O)C(Cc1ccc(C(=O)Nc2cc(-c3cccs3)ccc2N)cc1)P(=O)(OC)OC. The van der Waals surface area contributed by atoms with E-state index in [1.165, 1.54) is 21.3 Å². The Labute approximate surface area is 196 Å². The molecule has 0 spiro atoms. The van der Waals surface area contributed by atoms with E-state index >= 15 is 0 Å². The molecule has 33 heavy (non-hydrogen) atoms. The predicted octanol–water partition coefficient (Wildman–Crippen LogP) is 4.82. The van der Waals surface area contributed by atoms with Crippen molar-refractivity contribution in [3.8, 4) is 10.4 Å². The summed E-state index contributed by atoms with van der Waals surface area (Å²) in [6, 6.07) is 16.0. The molecule has 2 aromatic carbocycles. The highest BCUT2D eigenvalue weighted by Crippen LogP contribution is 2.53. The smallest absolute Gasteiger partial charge is 0.344 e. The van der Waals surface area contributed by atoms with Crippen molar-refractivity contribution in [1.82, 2.24) is 0 Å². The van der Waals surface area contributed by atoms with Gasteiger partial charge in [0.05, 0.1) is 18.5 Å². The van der Waals surface area contributed by atoms with Crippen LogP contribution in [0, 0.1) is 0 Å². The van der Waals surface area contributed by atoms with Gasteiger partial charge in [-0.3, -0.25) is 14.2 Å². The molecule has 10 heteroatoms. The highest BCUT2D eigenvalue weighted by atomic mass is 32.1. The molecule has 0 aliphatic rings. The Morgan fingerprint density at radius 2 is 1.76 bits per heavy atom. The largest absolute Gasteiger partial charge is 0.468 e. The van der Waals surface area contributed by atoms with E-state index in [2.05, 4.69) is 5.32 Å². The number of methoxy groups -OCH3 is 1. The van der Waals surface area contributed by atoms with Crippen LogP contribution >= 0.6 is 18.9 Å². The standard InChI is InChI=1S/C23H25N2O6PS/c1-29-23(27)20(32(28,30-2)31-3)13-15-6-8-16(9-7-15)22(26)25-19-14-17(10-11-18(19)24)21-5-4-12-33-21/h4-12,14,20H,13,24H2,1-3H3,(H,25,26). The fourth-order valence-corrected chi connectivity index (χ4v) is 5.44. The number of hydrogen-bond donors (Lipinski definition) is 2. The number of thiophene rings is 1. The number of carbonyl (C=O) groups is 2. The van der Waals surface area contributed by atoms with Crippen LogP contribution in [-0.2, 0) is 29.6 Å². The highest BCUT2D eigenvalue weighted by Gasteiger charge is 2.40. The maximum absolute atomic E-state index is 12.8. The van der Waals surface area contributed by atoms with Gasteiger partial charge in [-0.25, -0.2) is 0 Å². The van der Waals surface area contributed by atoms with E-state index in [-0.39, 0.29) is 12.3 Å². The molecule has 1 heterocycles.